The second-order valence-electron chi connectivity index (χ2n) is 3.94. The number of ketones is 1. The molecule has 0 aliphatic rings. The molecule has 17 heavy (non-hydrogen) atoms. The Balaban J connectivity index is 2.30. The number of rotatable bonds is 3. The van der Waals surface area contributed by atoms with Gasteiger partial charge in [0, 0.05) is 16.5 Å². The van der Waals surface area contributed by atoms with Crippen LogP contribution in [0.4, 0.5) is 0 Å². The first-order valence-electron chi connectivity index (χ1n) is 5.21. The third-order valence-electron chi connectivity index (χ3n) is 2.25. The first-order valence-corrected chi connectivity index (χ1v) is 5.59. The average molecular weight is 251 g/mol. The summed E-state index contributed by atoms with van der Waals surface area (Å²) in [4.78, 5) is 11.6. The van der Waals surface area contributed by atoms with Gasteiger partial charge in [0.25, 0.3) is 5.89 Å². The van der Waals surface area contributed by atoms with E-state index in [4.69, 9.17) is 16.0 Å². The van der Waals surface area contributed by atoms with Crippen molar-refractivity contribution in [1.29, 1.82) is 0 Å². The van der Waals surface area contributed by atoms with E-state index in [1.165, 1.54) is 0 Å². The van der Waals surface area contributed by atoms with E-state index < -0.39 is 0 Å². The Labute approximate surface area is 104 Å². The number of nitrogens with zero attached hydrogens (tertiary/aromatic N) is 2. The predicted molar refractivity (Wildman–Crippen MR) is 63.9 cm³/mol. The molecule has 0 N–H and O–H groups in total. The summed E-state index contributed by atoms with van der Waals surface area (Å²) >= 11 is 5.78. The van der Waals surface area contributed by atoms with Crippen molar-refractivity contribution in [1.82, 2.24) is 10.2 Å². The lowest BCUT2D eigenvalue weighted by molar-refractivity contribution is 0.0905. The monoisotopic (exact) mass is 250 g/mol. The highest BCUT2D eigenvalue weighted by Crippen LogP contribution is 2.20. The van der Waals surface area contributed by atoms with Gasteiger partial charge < -0.3 is 4.42 Å². The molecule has 0 radical (unpaired) electrons. The fraction of sp³-hybridized carbons (Fsp3) is 0.250. The number of halogens is 1. The molecular weight excluding hydrogens is 240 g/mol. The van der Waals surface area contributed by atoms with Gasteiger partial charge in [-0.2, -0.15) is 0 Å². The smallest absolute Gasteiger partial charge is 0.284 e. The van der Waals surface area contributed by atoms with Crippen LogP contribution in [0.15, 0.2) is 28.7 Å². The van der Waals surface area contributed by atoms with E-state index >= 15 is 0 Å². The minimum Gasteiger partial charge on any atom is -0.414 e. The highest BCUT2D eigenvalue weighted by Gasteiger charge is 2.18. The van der Waals surface area contributed by atoms with E-state index in [2.05, 4.69) is 10.2 Å². The van der Waals surface area contributed by atoms with Crippen LogP contribution < -0.4 is 0 Å². The molecule has 0 aliphatic carbocycles. The number of carbonyl (C=O) groups excluding carboxylic acids is 1. The standard InChI is InChI=1S/C12H11ClN2O2/c1-7(2)10(16)12-15-14-11(17-12)8-3-5-9(13)6-4-8/h3-7H,1-2H3. The van der Waals surface area contributed by atoms with Crippen molar-refractivity contribution in [3.05, 3.63) is 35.2 Å². The van der Waals surface area contributed by atoms with Crippen LogP contribution in [0.5, 0.6) is 0 Å². The third kappa shape index (κ3) is 2.53. The molecule has 0 spiro atoms. The lowest BCUT2D eigenvalue weighted by Gasteiger charge is -1.97. The van der Waals surface area contributed by atoms with Gasteiger partial charge in [0.15, 0.2) is 0 Å². The molecule has 0 fully saturated rings. The van der Waals surface area contributed by atoms with Crippen LogP contribution in [0.2, 0.25) is 5.02 Å². The maximum absolute atomic E-state index is 11.6. The van der Waals surface area contributed by atoms with E-state index in [9.17, 15) is 4.79 Å². The van der Waals surface area contributed by atoms with E-state index in [1.807, 2.05) is 0 Å². The van der Waals surface area contributed by atoms with Crippen molar-refractivity contribution in [3.8, 4) is 11.5 Å². The van der Waals surface area contributed by atoms with Crippen LogP contribution in [0, 0.1) is 5.92 Å². The molecule has 88 valence electrons. The summed E-state index contributed by atoms with van der Waals surface area (Å²) < 4.78 is 5.32. The molecule has 0 saturated carbocycles. The fourth-order valence-electron chi connectivity index (χ4n) is 1.28. The normalized spacial score (nSPS) is 10.8. The fourth-order valence-corrected chi connectivity index (χ4v) is 1.40. The largest absolute Gasteiger partial charge is 0.414 e. The summed E-state index contributed by atoms with van der Waals surface area (Å²) in [5.74, 6) is 0.0573. The predicted octanol–water partition coefficient (Wildman–Crippen LogP) is 3.23. The van der Waals surface area contributed by atoms with Crippen LogP contribution in [-0.2, 0) is 0 Å². The van der Waals surface area contributed by atoms with E-state index in [-0.39, 0.29) is 17.6 Å². The zero-order chi connectivity index (χ0) is 12.4. The van der Waals surface area contributed by atoms with Crippen molar-refractivity contribution < 1.29 is 9.21 Å². The number of Topliss-reactive ketones (excluding diaryl/α,β-unsaturated/α-hetero) is 1. The molecule has 2 aromatic rings. The Hall–Kier alpha value is -1.68. The summed E-state index contributed by atoms with van der Waals surface area (Å²) in [6.07, 6.45) is 0. The topological polar surface area (TPSA) is 56.0 Å². The quantitative estimate of drug-likeness (QED) is 0.785. The van der Waals surface area contributed by atoms with Gasteiger partial charge in [0.2, 0.25) is 11.7 Å². The average Bonchev–Trinajstić information content (AvgIpc) is 2.78. The van der Waals surface area contributed by atoms with Gasteiger partial charge in [-0.15, -0.1) is 10.2 Å². The summed E-state index contributed by atoms with van der Waals surface area (Å²) in [5, 5.41) is 8.21. The lowest BCUT2D eigenvalue weighted by Crippen LogP contribution is -2.07. The minimum atomic E-state index is -0.159. The maximum Gasteiger partial charge on any atom is 0.284 e. The Morgan fingerprint density at radius 3 is 2.47 bits per heavy atom. The van der Waals surface area contributed by atoms with Gasteiger partial charge in [0.1, 0.15) is 0 Å². The molecule has 0 unspecified atom stereocenters. The molecule has 0 bridgehead atoms. The number of hydrogen-bond acceptors (Lipinski definition) is 4. The third-order valence-corrected chi connectivity index (χ3v) is 2.50. The molecule has 0 aliphatic heterocycles. The second-order valence-corrected chi connectivity index (χ2v) is 4.37. The first-order chi connectivity index (χ1) is 8.08. The summed E-state index contributed by atoms with van der Waals surface area (Å²) in [6.45, 7) is 3.57. The highest BCUT2D eigenvalue weighted by molar-refractivity contribution is 6.30. The van der Waals surface area contributed by atoms with Gasteiger partial charge >= 0.3 is 0 Å². The van der Waals surface area contributed by atoms with Crippen LogP contribution >= 0.6 is 11.6 Å². The first kappa shape index (κ1) is 11.8. The van der Waals surface area contributed by atoms with Gasteiger partial charge in [-0.1, -0.05) is 25.4 Å². The van der Waals surface area contributed by atoms with Crippen LogP contribution in [0.3, 0.4) is 0 Å². The van der Waals surface area contributed by atoms with E-state index in [0.29, 0.717) is 10.9 Å². The Bertz CT molecular complexity index is 532. The molecule has 1 aromatic heterocycles. The molecule has 5 heteroatoms. The van der Waals surface area contributed by atoms with Crippen molar-refractivity contribution in [2.24, 2.45) is 5.92 Å². The van der Waals surface area contributed by atoms with Gasteiger partial charge in [-0.3, -0.25) is 4.79 Å². The summed E-state index contributed by atoms with van der Waals surface area (Å²) in [6, 6.07) is 6.98. The Kier molecular flexibility index (Phi) is 3.24. The van der Waals surface area contributed by atoms with Gasteiger partial charge in [-0.05, 0) is 24.3 Å². The zero-order valence-electron chi connectivity index (χ0n) is 9.48. The number of hydrogen-bond donors (Lipinski definition) is 0. The van der Waals surface area contributed by atoms with Crippen molar-refractivity contribution in [2.45, 2.75) is 13.8 Å². The van der Waals surface area contributed by atoms with Gasteiger partial charge in [-0.25, -0.2) is 0 Å². The van der Waals surface area contributed by atoms with Gasteiger partial charge in [0.05, 0.1) is 0 Å². The molecule has 4 nitrogen and oxygen atoms in total. The van der Waals surface area contributed by atoms with Crippen molar-refractivity contribution in [3.63, 3.8) is 0 Å². The van der Waals surface area contributed by atoms with Crippen molar-refractivity contribution in [2.75, 3.05) is 0 Å². The molecule has 1 heterocycles. The molecular formula is C12H11ClN2O2. The molecule has 0 amide bonds. The zero-order valence-corrected chi connectivity index (χ0v) is 10.2. The van der Waals surface area contributed by atoms with Crippen LogP contribution in [-0.4, -0.2) is 16.0 Å². The number of aromatic nitrogens is 2. The highest BCUT2D eigenvalue weighted by atomic mass is 35.5. The van der Waals surface area contributed by atoms with Crippen LogP contribution in [0.1, 0.15) is 24.5 Å². The number of benzene rings is 1. The van der Waals surface area contributed by atoms with Crippen molar-refractivity contribution >= 4 is 17.4 Å². The molecule has 1 aromatic carbocycles. The molecule has 0 atom stereocenters. The number of carbonyl (C=O) groups is 1. The van der Waals surface area contributed by atoms with Crippen LogP contribution in [0.25, 0.3) is 11.5 Å². The lowest BCUT2D eigenvalue weighted by atomic mass is 10.1. The Morgan fingerprint density at radius 2 is 1.88 bits per heavy atom. The molecule has 2 rings (SSSR count). The summed E-state index contributed by atoms with van der Waals surface area (Å²) in [7, 11) is 0. The SMILES string of the molecule is CC(C)C(=O)c1nnc(-c2ccc(Cl)cc2)o1. The Morgan fingerprint density at radius 1 is 1.24 bits per heavy atom. The minimum absolute atomic E-state index is 0.0462. The summed E-state index contributed by atoms with van der Waals surface area (Å²) in [5.41, 5.74) is 0.740. The van der Waals surface area contributed by atoms with E-state index in [1.54, 1.807) is 38.1 Å². The van der Waals surface area contributed by atoms with E-state index in [0.717, 1.165) is 5.56 Å². The maximum atomic E-state index is 11.6. The second kappa shape index (κ2) is 4.67. The molecule has 0 saturated heterocycles.